The van der Waals surface area contributed by atoms with Crippen molar-refractivity contribution in [2.24, 2.45) is 0 Å². The summed E-state index contributed by atoms with van der Waals surface area (Å²) >= 11 is 4.37. The molecule has 2 rings (SSSR count). The van der Waals surface area contributed by atoms with E-state index in [0.717, 1.165) is 11.3 Å². The molecule has 0 saturated carbocycles. The summed E-state index contributed by atoms with van der Waals surface area (Å²) < 4.78 is 27.6. The van der Waals surface area contributed by atoms with Crippen LogP contribution in [0.25, 0.3) is 0 Å². The lowest BCUT2D eigenvalue weighted by atomic mass is 10.3. The van der Waals surface area contributed by atoms with Crippen LogP contribution >= 0.6 is 27.3 Å². The van der Waals surface area contributed by atoms with Crippen LogP contribution in [-0.2, 0) is 10.0 Å². The zero-order chi connectivity index (χ0) is 19.3. The lowest BCUT2D eigenvalue weighted by Gasteiger charge is -2.13. The summed E-state index contributed by atoms with van der Waals surface area (Å²) in [6, 6.07) is 0.702. The van der Waals surface area contributed by atoms with Crippen LogP contribution in [0.4, 0.5) is 17.5 Å². The number of anilines is 3. The van der Waals surface area contributed by atoms with Crippen molar-refractivity contribution in [3.05, 3.63) is 22.1 Å². The van der Waals surface area contributed by atoms with Gasteiger partial charge in [-0.25, -0.2) is 18.1 Å². The van der Waals surface area contributed by atoms with Gasteiger partial charge in [-0.1, -0.05) is 0 Å². The molecule has 12 heteroatoms. The first-order chi connectivity index (χ1) is 12.2. The molecule has 0 aliphatic heterocycles. The van der Waals surface area contributed by atoms with Crippen molar-refractivity contribution in [3.8, 4) is 0 Å². The highest BCUT2D eigenvalue weighted by Gasteiger charge is 2.19. The quantitative estimate of drug-likeness (QED) is 0.375. The summed E-state index contributed by atoms with van der Waals surface area (Å²) in [6.07, 6.45) is 1.55. The molecule has 0 spiro atoms. The van der Waals surface area contributed by atoms with E-state index >= 15 is 0 Å². The van der Waals surface area contributed by atoms with Crippen LogP contribution in [0.5, 0.6) is 0 Å². The van der Waals surface area contributed by atoms with E-state index in [-0.39, 0.29) is 29.4 Å². The van der Waals surface area contributed by atoms with Gasteiger partial charge in [0, 0.05) is 23.7 Å². The molecule has 9 nitrogen and oxygen atoms in total. The molecule has 144 valence electrons. The van der Waals surface area contributed by atoms with Gasteiger partial charge >= 0.3 is 0 Å². The fourth-order valence-corrected chi connectivity index (χ4v) is 4.49. The number of hydrogen-bond donors (Lipinski definition) is 5. The Kier molecular flexibility index (Phi) is 7.32. The second-order valence-electron chi connectivity index (χ2n) is 5.60. The number of aliphatic hydroxyl groups excluding tert-OH is 2. The largest absolute Gasteiger partial charge is 0.395 e. The normalized spacial score (nSPS) is 14.0. The van der Waals surface area contributed by atoms with E-state index < -0.39 is 16.1 Å². The molecule has 26 heavy (non-hydrogen) atoms. The Morgan fingerprint density at radius 3 is 2.62 bits per heavy atom. The lowest BCUT2D eigenvalue weighted by Crippen LogP contribution is -2.34. The standard InChI is InChI=1S/C14H20BrN5O4S2/c1-8(5-21)17-13-11(15)4-16-14(19-13)18-10-3-12(25-7-10)26(23,24)20-9(2)6-22/h3-4,7-9,20-22H,5-6H2,1-2H3,(H2,16,17,18,19)/t8-,9+/m1/s1. The Morgan fingerprint density at radius 2 is 1.96 bits per heavy atom. The van der Waals surface area contributed by atoms with Crippen LogP contribution in [0.1, 0.15) is 13.8 Å². The second kappa shape index (κ2) is 9.06. The van der Waals surface area contributed by atoms with Crippen molar-refractivity contribution in [1.82, 2.24) is 14.7 Å². The molecule has 0 unspecified atom stereocenters. The first-order valence-electron chi connectivity index (χ1n) is 7.64. The van der Waals surface area contributed by atoms with Crippen molar-refractivity contribution in [3.63, 3.8) is 0 Å². The highest BCUT2D eigenvalue weighted by molar-refractivity contribution is 9.10. The Labute approximate surface area is 164 Å². The van der Waals surface area contributed by atoms with E-state index in [4.69, 9.17) is 10.2 Å². The molecule has 0 amide bonds. The van der Waals surface area contributed by atoms with Gasteiger partial charge in [-0.05, 0) is 35.8 Å². The third-order valence-corrected chi connectivity index (χ3v) is 6.74. The number of aliphatic hydroxyl groups is 2. The van der Waals surface area contributed by atoms with Gasteiger partial charge in [0.05, 0.1) is 23.4 Å². The smallest absolute Gasteiger partial charge is 0.250 e. The van der Waals surface area contributed by atoms with Crippen molar-refractivity contribution in [2.75, 3.05) is 23.8 Å². The second-order valence-corrected chi connectivity index (χ2v) is 9.31. The fourth-order valence-electron chi connectivity index (χ4n) is 1.82. The number of rotatable bonds is 9. The number of halogens is 1. The van der Waals surface area contributed by atoms with E-state index in [0.29, 0.717) is 16.0 Å². The summed E-state index contributed by atoms with van der Waals surface area (Å²) in [5, 5.41) is 25.7. The predicted octanol–water partition coefficient (Wildman–Crippen LogP) is 1.50. The minimum atomic E-state index is -3.70. The molecule has 0 bridgehead atoms. The highest BCUT2D eigenvalue weighted by Crippen LogP contribution is 2.27. The summed E-state index contributed by atoms with van der Waals surface area (Å²) in [5.74, 6) is 0.782. The van der Waals surface area contributed by atoms with E-state index in [1.54, 1.807) is 25.4 Å². The third kappa shape index (κ3) is 5.59. The molecule has 0 aliphatic carbocycles. The van der Waals surface area contributed by atoms with E-state index in [1.807, 2.05) is 0 Å². The van der Waals surface area contributed by atoms with Crippen LogP contribution in [0, 0.1) is 0 Å². The van der Waals surface area contributed by atoms with Crippen molar-refractivity contribution >= 4 is 54.7 Å². The maximum absolute atomic E-state index is 12.2. The first kappa shape index (κ1) is 21.0. The highest BCUT2D eigenvalue weighted by atomic mass is 79.9. The topological polar surface area (TPSA) is 136 Å². The number of sulfonamides is 1. The lowest BCUT2D eigenvalue weighted by molar-refractivity contribution is 0.265. The van der Waals surface area contributed by atoms with Gasteiger partial charge in [-0.15, -0.1) is 11.3 Å². The number of thiophene rings is 1. The van der Waals surface area contributed by atoms with Crippen LogP contribution in [0.2, 0.25) is 0 Å². The average molecular weight is 466 g/mol. The number of aromatic nitrogens is 2. The summed E-state index contributed by atoms with van der Waals surface area (Å²) in [4.78, 5) is 8.44. The number of nitrogens with zero attached hydrogens (tertiary/aromatic N) is 2. The zero-order valence-electron chi connectivity index (χ0n) is 14.1. The van der Waals surface area contributed by atoms with E-state index in [1.165, 1.54) is 6.07 Å². The Balaban J connectivity index is 2.15. The molecule has 2 heterocycles. The average Bonchev–Trinajstić information content (AvgIpc) is 3.06. The summed E-state index contributed by atoms with van der Waals surface area (Å²) in [6.45, 7) is 3.04. The molecule has 0 aliphatic rings. The Bertz CT molecular complexity index is 846. The molecule has 0 fully saturated rings. The number of hydrogen-bond acceptors (Lipinski definition) is 9. The van der Waals surface area contributed by atoms with Crippen molar-refractivity contribution in [1.29, 1.82) is 0 Å². The maximum Gasteiger partial charge on any atom is 0.250 e. The van der Waals surface area contributed by atoms with E-state index in [9.17, 15) is 8.42 Å². The predicted molar refractivity (Wildman–Crippen MR) is 104 cm³/mol. The van der Waals surface area contributed by atoms with Crippen LogP contribution in [-0.4, -0.2) is 53.9 Å². The minimum Gasteiger partial charge on any atom is -0.395 e. The first-order valence-corrected chi connectivity index (χ1v) is 10.8. The Morgan fingerprint density at radius 1 is 1.27 bits per heavy atom. The molecule has 0 saturated heterocycles. The van der Waals surface area contributed by atoms with Gasteiger partial charge in [0.15, 0.2) is 0 Å². The molecule has 0 aromatic carbocycles. The monoisotopic (exact) mass is 465 g/mol. The molecule has 2 atom stereocenters. The van der Waals surface area contributed by atoms with Gasteiger partial charge < -0.3 is 20.8 Å². The van der Waals surface area contributed by atoms with Crippen molar-refractivity contribution in [2.45, 2.75) is 30.1 Å². The van der Waals surface area contributed by atoms with Crippen LogP contribution in [0.3, 0.4) is 0 Å². The maximum atomic E-state index is 12.2. The molecule has 2 aromatic rings. The molecule has 0 radical (unpaired) electrons. The van der Waals surface area contributed by atoms with Gasteiger partial charge in [-0.2, -0.15) is 4.98 Å². The van der Waals surface area contributed by atoms with Crippen LogP contribution in [0.15, 0.2) is 26.3 Å². The third-order valence-electron chi connectivity index (χ3n) is 3.13. The number of nitrogens with one attached hydrogen (secondary N) is 3. The van der Waals surface area contributed by atoms with Crippen molar-refractivity contribution < 1.29 is 18.6 Å². The molecular formula is C14H20BrN5O4S2. The Hall–Kier alpha value is -1.31. The minimum absolute atomic E-state index is 0.0514. The molecule has 2 aromatic heterocycles. The molecular weight excluding hydrogens is 446 g/mol. The van der Waals surface area contributed by atoms with Gasteiger partial charge in [-0.3, -0.25) is 0 Å². The van der Waals surface area contributed by atoms with E-state index in [2.05, 4.69) is 41.3 Å². The van der Waals surface area contributed by atoms with Gasteiger partial charge in [0.25, 0.3) is 0 Å². The van der Waals surface area contributed by atoms with Crippen LogP contribution < -0.4 is 15.4 Å². The van der Waals surface area contributed by atoms with Gasteiger partial charge in [0.2, 0.25) is 16.0 Å². The zero-order valence-corrected chi connectivity index (χ0v) is 17.3. The molecule has 5 N–H and O–H groups in total. The summed E-state index contributed by atoms with van der Waals surface area (Å²) in [7, 11) is -3.70. The summed E-state index contributed by atoms with van der Waals surface area (Å²) in [5.41, 5.74) is 0.524. The SMILES string of the molecule is C[C@H](CO)Nc1nc(Nc2csc(S(=O)(=O)N[C@@H](C)CO)c2)ncc1Br. The fraction of sp³-hybridized carbons (Fsp3) is 0.429. The van der Waals surface area contributed by atoms with Gasteiger partial charge in [0.1, 0.15) is 10.0 Å².